The Labute approximate surface area is 319 Å². The van der Waals surface area contributed by atoms with Crippen molar-refractivity contribution in [1.82, 2.24) is 9.97 Å². The van der Waals surface area contributed by atoms with Gasteiger partial charge in [-0.25, -0.2) is 0 Å². The van der Waals surface area contributed by atoms with Gasteiger partial charge >= 0.3 is 0 Å². The molecule has 0 aliphatic heterocycles. The summed E-state index contributed by atoms with van der Waals surface area (Å²) in [5, 5.41) is 15.8. The van der Waals surface area contributed by atoms with Crippen LogP contribution in [-0.4, -0.2) is 20.9 Å². The summed E-state index contributed by atoms with van der Waals surface area (Å²) in [4.78, 5) is 22.8. The average molecular weight is 882 g/mol. The molecule has 0 saturated carbocycles. The summed E-state index contributed by atoms with van der Waals surface area (Å²) in [7, 11) is 0. The quantitative estimate of drug-likeness (QED) is 0.0893. The Morgan fingerprint density at radius 2 is 1.50 bits per heavy atom. The number of thiophene rings is 2. The Hall–Kier alpha value is -3.22. The molecule has 1 N–H and O–H groups in total. The predicted molar refractivity (Wildman–Crippen MR) is 212 cm³/mol. The molecular weight excluding hydrogens is 833 g/mol. The number of hydrogen-bond acceptors (Lipinski definition) is 6. The van der Waals surface area contributed by atoms with Gasteiger partial charge in [-0.3, -0.25) is 14.8 Å². The van der Waals surface area contributed by atoms with Crippen molar-refractivity contribution in [3.8, 4) is 21.7 Å². The number of carbonyl (C=O) groups is 1. The van der Waals surface area contributed by atoms with Gasteiger partial charge in [0.2, 0.25) is 0 Å². The van der Waals surface area contributed by atoms with Crippen LogP contribution in [0.1, 0.15) is 93.6 Å². The molecule has 4 heterocycles. The largest absolute Gasteiger partial charge is 0.512 e. The van der Waals surface area contributed by atoms with E-state index in [4.69, 9.17) is 4.98 Å². The molecule has 7 heteroatoms. The molecule has 0 spiro atoms. The van der Waals surface area contributed by atoms with Crippen LogP contribution in [0.25, 0.3) is 52.8 Å². The molecule has 0 aliphatic carbocycles. The number of ketones is 1. The van der Waals surface area contributed by atoms with E-state index in [0.29, 0.717) is 0 Å². The van der Waals surface area contributed by atoms with Crippen LogP contribution in [0, 0.1) is 16.9 Å². The molecule has 265 valence electrons. The maximum atomic E-state index is 12.2. The Kier molecular flexibility index (Phi) is 12.6. The first kappa shape index (κ1) is 39.6. The van der Waals surface area contributed by atoms with Gasteiger partial charge in [0.05, 0.1) is 10.2 Å². The first-order valence-electron chi connectivity index (χ1n) is 17.4. The summed E-state index contributed by atoms with van der Waals surface area (Å²) in [5.41, 5.74) is 5.10. The van der Waals surface area contributed by atoms with Gasteiger partial charge in [-0.2, -0.15) is 0 Å². The fourth-order valence-electron chi connectivity index (χ4n) is 6.04. The van der Waals surface area contributed by atoms with Crippen LogP contribution >= 0.6 is 22.7 Å². The Morgan fingerprint density at radius 1 is 0.840 bits per heavy atom. The van der Waals surface area contributed by atoms with Gasteiger partial charge in [-0.1, -0.05) is 91.5 Å². The number of aliphatic hydroxyl groups excluding tert-OH is 1. The number of aromatic nitrogens is 2. The van der Waals surface area contributed by atoms with Crippen molar-refractivity contribution < 1.29 is 30.0 Å². The SMILES string of the molecule is CC(C)(C)c1cc(-c2nccc3sc(-c4ccnc5ccsc45)cc23)[c-]c2ccccc12.CCC(C)(CC)C(=O)/C=C(\O)C(C)(CC)CC.[Ir]. The van der Waals surface area contributed by atoms with Gasteiger partial charge in [-0.05, 0) is 66.1 Å². The number of carbonyl (C=O) groups excluding carboxylic acids is 1. The van der Waals surface area contributed by atoms with E-state index in [2.05, 4.69) is 91.8 Å². The van der Waals surface area contributed by atoms with Crippen LogP contribution in [0.5, 0.6) is 0 Å². The van der Waals surface area contributed by atoms with Crippen LogP contribution in [0.3, 0.4) is 0 Å². The molecule has 0 unspecified atom stereocenters. The second-order valence-corrected chi connectivity index (χ2v) is 16.5. The number of allylic oxidation sites excluding steroid dienone is 2. The van der Waals surface area contributed by atoms with E-state index in [1.807, 2.05) is 65.3 Å². The number of aliphatic hydroxyl groups is 1. The number of fused-ring (bicyclic) bond motifs is 3. The van der Waals surface area contributed by atoms with Gasteiger partial charge in [-0.15, -0.1) is 51.8 Å². The van der Waals surface area contributed by atoms with E-state index in [1.54, 1.807) is 11.3 Å². The van der Waals surface area contributed by atoms with Gasteiger partial charge in [0.1, 0.15) is 5.76 Å². The van der Waals surface area contributed by atoms with Crippen LogP contribution in [0.4, 0.5) is 0 Å². The second-order valence-electron chi connectivity index (χ2n) is 14.5. The smallest absolute Gasteiger partial charge is 0.164 e. The van der Waals surface area contributed by atoms with E-state index >= 15 is 0 Å². The molecule has 4 aromatic heterocycles. The maximum absolute atomic E-state index is 12.2. The minimum atomic E-state index is -0.337. The number of benzene rings is 2. The van der Waals surface area contributed by atoms with Crippen molar-refractivity contribution in [3.63, 3.8) is 0 Å². The minimum Gasteiger partial charge on any atom is -0.512 e. The monoisotopic (exact) mass is 882 g/mol. The molecule has 0 aliphatic rings. The van der Waals surface area contributed by atoms with Gasteiger partial charge < -0.3 is 5.11 Å². The molecule has 6 rings (SSSR count). The van der Waals surface area contributed by atoms with E-state index in [-0.39, 0.29) is 47.9 Å². The van der Waals surface area contributed by atoms with E-state index in [1.165, 1.54) is 42.3 Å². The van der Waals surface area contributed by atoms with Crippen molar-refractivity contribution in [3.05, 3.63) is 95.8 Å². The standard InChI is InChI=1S/C28H21N2S2.C15H28O2.Ir/c1-28(2,3)22-15-18(14-17-6-4-5-7-19(17)22)26-21-16-25(32-24(21)9-12-30-26)20-8-11-29-23-10-13-31-27(20)23;1-7-14(5,8-2)12(16)11-13(17)15(6,9-3)10-4;/h4-13,15-16H,1-3H3;11,16H,7-10H2,1-6H3;/q-1;;/b;12-11-;. The fourth-order valence-corrected chi connectivity index (χ4v) is 8.07. The molecule has 4 nitrogen and oxygen atoms in total. The minimum absolute atomic E-state index is 0. The van der Waals surface area contributed by atoms with Crippen molar-refractivity contribution in [2.75, 3.05) is 0 Å². The number of hydrogen-bond donors (Lipinski definition) is 1. The first-order chi connectivity index (χ1) is 23.3. The van der Waals surface area contributed by atoms with E-state index in [0.717, 1.165) is 47.8 Å². The van der Waals surface area contributed by atoms with Crippen molar-refractivity contribution in [2.45, 2.75) is 93.4 Å². The molecule has 0 saturated heterocycles. The molecular formula is C43H49IrN2O2S2-. The third kappa shape index (κ3) is 7.97. The summed E-state index contributed by atoms with van der Waals surface area (Å²) in [6.45, 7) is 18.9. The summed E-state index contributed by atoms with van der Waals surface area (Å²) < 4.78 is 2.48. The first-order valence-corrected chi connectivity index (χ1v) is 19.1. The number of nitrogens with zero attached hydrogens (tertiary/aromatic N) is 2. The summed E-state index contributed by atoms with van der Waals surface area (Å²) in [6.07, 6.45) is 8.58. The summed E-state index contributed by atoms with van der Waals surface area (Å²) in [5.74, 6) is 0.286. The van der Waals surface area contributed by atoms with Gasteiger partial charge in [0.25, 0.3) is 0 Å². The van der Waals surface area contributed by atoms with Crippen LogP contribution in [0.15, 0.2) is 84.2 Å². The molecule has 0 fully saturated rings. The zero-order valence-electron chi connectivity index (χ0n) is 30.7. The Bertz CT molecular complexity index is 2130. The Balaban J connectivity index is 0.000000269. The van der Waals surface area contributed by atoms with Gasteiger partial charge in [0.15, 0.2) is 5.78 Å². The zero-order valence-corrected chi connectivity index (χ0v) is 34.8. The van der Waals surface area contributed by atoms with Crippen LogP contribution < -0.4 is 0 Å². The van der Waals surface area contributed by atoms with E-state index in [9.17, 15) is 9.90 Å². The van der Waals surface area contributed by atoms with E-state index < -0.39 is 0 Å². The molecule has 50 heavy (non-hydrogen) atoms. The fraction of sp³-hybridized carbons (Fsp3) is 0.372. The third-order valence-electron chi connectivity index (χ3n) is 10.5. The second kappa shape index (κ2) is 16.0. The molecule has 0 bridgehead atoms. The van der Waals surface area contributed by atoms with Crippen molar-refractivity contribution in [1.29, 1.82) is 0 Å². The molecule has 0 atom stereocenters. The third-order valence-corrected chi connectivity index (χ3v) is 12.6. The summed E-state index contributed by atoms with van der Waals surface area (Å²) in [6, 6.07) is 23.1. The van der Waals surface area contributed by atoms with Crippen LogP contribution in [-0.2, 0) is 30.3 Å². The molecule has 2 aromatic carbocycles. The predicted octanol–water partition coefficient (Wildman–Crippen LogP) is 13.1. The average Bonchev–Trinajstić information content (AvgIpc) is 3.78. The van der Waals surface area contributed by atoms with Crippen LogP contribution in [0.2, 0.25) is 0 Å². The molecule has 0 amide bonds. The zero-order chi connectivity index (χ0) is 35.6. The van der Waals surface area contributed by atoms with Crippen molar-refractivity contribution >= 4 is 59.5 Å². The summed E-state index contributed by atoms with van der Waals surface area (Å²) >= 11 is 3.56. The number of rotatable bonds is 9. The van der Waals surface area contributed by atoms with Crippen molar-refractivity contribution in [2.24, 2.45) is 10.8 Å². The topological polar surface area (TPSA) is 63.1 Å². The molecule has 1 radical (unpaired) electrons. The Morgan fingerprint density at radius 3 is 2.16 bits per heavy atom. The normalized spacial score (nSPS) is 12.5. The maximum Gasteiger partial charge on any atom is 0.164 e. The van der Waals surface area contributed by atoms with Gasteiger partial charge in [0, 0.05) is 70.2 Å². The number of pyridine rings is 2. The molecule has 6 aromatic rings.